The number of halogens is 1. The molecule has 2 aromatic carbocycles. The van der Waals surface area contributed by atoms with Gasteiger partial charge in [-0.2, -0.15) is 0 Å². The number of nitrogens with two attached hydrogens (primary N) is 1. The zero-order chi connectivity index (χ0) is 13.4. The quantitative estimate of drug-likeness (QED) is 0.424. The molecule has 2 heteroatoms. The number of benzene rings is 2. The fourth-order valence-electron chi connectivity index (χ4n) is 1.29. The minimum absolute atomic E-state index is 0.255. The molecule has 0 bridgehead atoms. The zero-order valence-electron chi connectivity index (χ0n) is 9.99. The molecule has 0 amide bonds. The molecule has 0 atom stereocenters. The summed E-state index contributed by atoms with van der Waals surface area (Å²) >= 11 is 0. The number of rotatable bonds is 0. The predicted octanol–water partition coefficient (Wildman–Crippen LogP) is 3.61. The van der Waals surface area contributed by atoms with Crippen molar-refractivity contribution in [1.82, 2.24) is 0 Å². The van der Waals surface area contributed by atoms with Crippen LogP contribution in [0.3, 0.4) is 0 Å². The van der Waals surface area contributed by atoms with Gasteiger partial charge in [-0.1, -0.05) is 17.9 Å². The summed E-state index contributed by atoms with van der Waals surface area (Å²) in [5.41, 5.74) is 7.95. The molecule has 0 spiro atoms. The van der Waals surface area contributed by atoms with Gasteiger partial charge in [-0.05, 0) is 42.5 Å². The van der Waals surface area contributed by atoms with Gasteiger partial charge in [-0.25, -0.2) is 4.39 Å². The lowest BCUT2D eigenvalue weighted by Gasteiger charge is -1.93. The molecule has 0 aliphatic carbocycles. The maximum Gasteiger partial charge on any atom is 0.123 e. The van der Waals surface area contributed by atoms with E-state index < -0.39 is 0 Å². The molecule has 1 nitrogen and oxygen atoms in total. The number of hydrogen-bond acceptors (Lipinski definition) is 1. The van der Waals surface area contributed by atoms with Gasteiger partial charge in [0.1, 0.15) is 5.82 Å². The molecule has 0 saturated carbocycles. The minimum Gasteiger partial charge on any atom is -0.399 e. The van der Waals surface area contributed by atoms with Crippen molar-refractivity contribution >= 4 is 5.69 Å². The number of nitrogen functional groups attached to an aromatic ring is 1. The van der Waals surface area contributed by atoms with Crippen molar-refractivity contribution in [3.63, 3.8) is 0 Å². The molecule has 0 aromatic heterocycles. The monoisotopic (exact) mass is 239 g/mol. The fraction of sp³-hybridized carbons (Fsp3) is 0. The Labute approximate surface area is 107 Å². The molecular formula is C16H14FN. The first kappa shape index (κ1) is 13.5. The van der Waals surface area contributed by atoms with E-state index in [1.807, 2.05) is 18.2 Å². The summed E-state index contributed by atoms with van der Waals surface area (Å²) in [6.07, 6.45) is 0. The van der Waals surface area contributed by atoms with E-state index in [1.54, 1.807) is 18.2 Å². The Morgan fingerprint density at radius 1 is 0.889 bits per heavy atom. The van der Waals surface area contributed by atoms with Gasteiger partial charge in [-0.15, -0.1) is 13.2 Å². The SMILES string of the molecule is C=C.Nc1cccc(C#Cc2ccc(F)cc2)c1. The van der Waals surface area contributed by atoms with Gasteiger partial charge in [0.05, 0.1) is 0 Å². The lowest BCUT2D eigenvalue weighted by molar-refractivity contribution is 0.627. The highest BCUT2D eigenvalue weighted by atomic mass is 19.1. The summed E-state index contributed by atoms with van der Waals surface area (Å²) < 4.78 is 12.6. The average Bonchev–Trinajstić information content (AvgIpc) is 2.41. The van der Waals surface area contributed by atoms with E-state index in [1.165, 1.54) is 12.1 Å². The molecule has 18 heavy (non-hydrogen) atoms. The highest BCUT2D eigenvalue weighted by molar-refractivity contribution is 5.49. The molecule has 0 unspecified atom stereocenters. The maximum atomic E-state index is 12.6. The largest absolute Gasteiger partial charge is 0.399 e. The van der Waals surface area contributed by atoms with Crippen molar-refractivity contribution in [3.05, 3.63) is 78.6 Å². The van der Waals surface area contributed by atoms with Crippen molar-refractivity contribution in [2.45, 2.75) is 0 Å². The highest BCUT2D eigenvalue weighted by Gasteiger charge is 1.90. The van der Waals surface area contributed by atoms with Gasteiger partial charge in [0.25, 0.3) is 0 Å². The van der Waals surface area contributed by atoms with E-state index in [4.69, 9.17) is 5.73 Å². The molecule has 2 aromatic rings. The van der Waals surface area contributed by atoms with Crippen molar-refractivity contribution in [3.8, 4) is 11.8 Å². The van der Waals surface area contributed by atoms with Crippen LogP contribution in [0.25, 0.3) is 0 Å². The second kappa shape index (κ2) is 6.93. The zero-order valence-corrected chi connectivity index (χ0v) is 9.99. The summed E-state index contributed by atoms with van der Waals surface area (Å²) in [6.45, 7) is 6.00. The van der Waals surface area contributed by atoms with Gasteiger partial charge < -0.3 is 5.73 Å². The summed E-state index contributed by atoms with van der Waals surface area (Å²) in [4.78, 5) is 0. The van der Waals surface area contributed by atoms with Crippen LogP contribution < -0.4 is 5.73 Å². The molecule has 0 aliphatic heterocycles. The topological polar surface area (TPSA) is 26.0 Å². The van der Waals surface area contributed by atoms with Gasteiger partial charge in [0, 0.05) is 16.8 Å². The molecule has 90 valence electrons. The average molecular weight is 239 g/mol. The van der Waals surface area contributed by atoms with E-state index in [0.717, 1.165) is 11.1 Å². The molecule has 0 aliphatic rings. The molecule has 0 fully saturated rings. The Hall–Kier alpha value is -2.53. The van der Waals surface area contributed by atoms with Gasteiger partial charge >= 0.3 is 0 Å². The van der Waals surface area contributed by atoms with E-state index in [0.29, 0.717) is 5.69 Å². The Bertz CT molecular complexity index is 562. The molecule has 0 heterocycles. The van der Waals surface area contributed by atoms with Crippen LogP contribution in [0.4, 0.5) is 10.1 Å². The van der Waals surface area contributed by atoms with Gasteiger partial charge in [0.2, 0.25) is 0 Å². The first-order valence-corrected chi connectivity index (χ1v) is 5.37. The summed E-state index contributed by atoms with van der Waals surface area (Å²) in [5.74, 6) is 5.66. The first-order valence-electron chi connectivity index (χ1n) is 5.37. The van der Waals surface area contributed by atoms with Crippen LogP contribution in [0.5, 0.6) is 0 Å². The third-order valence-electron chi connectivity index (χ3n) is 2.08. The van der Waals surface area contributed by atoms with E-state index in [-0.39, 0.29) is 5.82 Å². The van der Waals surface area contributed by atoms with Crippen LogP contribution in [0.2, 0.25) is 0 Å². The first-order chi connectivity index (χ1) is 8.74. The molecule has 0 radical (unpaired) electrons. The maximum absolute atomic E-state index is 12.6. The third-order valence-corrected chi connectivity index (χ3v) is 2.08. The normalized spacial score (nSPS) is 8.50. The Morgan fingerprint density at radius 2 is 1.50 bits per heavy atom. The van der Waals surface area contributed by atoms with Crippen LogP contribution in [0, 0.1) is 17.7 Å². The molecular weight excluding hydrogens is 225 g/mol. The lowest BCUT2D eigenvalue weighted by Crippen LogP contribution is -1.84. The van der Waals surface area contributed by atoms with Crippen LogP contribution in [-0.2, 0) is 0 Å². The van der Waals surface area contributed by atoms with Crippen molar-refractivity contribution in [1.29, 1.82) is 0 Å². The van der Waals surface area contributed by atoms with Crippen LogP contribution in [0.1, 0.15) is 11.1 Å². The molecule has 0 saturated heterocycles. The third kappa shape index (κ3) is 4.15. The minimum atomic E-state index is -0.255. The van der Waals surface area contributed by atoms with Crippen LogP contribution >= 0.6 is 0 Å². The standard InChI is InChI=1S/C14H10FN.C2H4/c15-13-8-6-11(7-9-13)4-5-12-2-1-3-14(16)10-12;1-2/h1-3,6-10H,16H2;1-2H2. The number of anilines is 1. The Morgan fingerprint density at radius 3 is 2.11 bits per heavy atom. The molecule has 2 rings (SSSR count). The van der Waals surface area contributed by atoms with Crippen LogP contribution in [-0.4, -0.2) is 0 Å². The fourth-order valence-corrected chi connectivity index (χ4v) is 1.29. The predicted molar refractivity (Wildman–Crippen MR) is 74.5 cm³/mol. The summed E-state index contributed by atoms with van der Waals surface area (Å²) in [5, 5.41) is 0. The van der Waals surface area contributed by atoms with Crippen molar-refractivity contribution in [2.24, 2.45) is 0 Å². The highest BCUT2D eigenvalue weighted by Crippen LogP contribution is 2.06. The van der Waals surface area contributed by atoms with Crippen molar-refractivity contribution in [2.75, 3.05) is 5.73 Å². The Balaban J connectivity index is 0.000000771. The van der Waals surface area contributed by atoms with Gasteiger partial charge in [0.15, 0.2) is 0 Å². The smallest absolute Gasteiger partial charge is 0.123 e. The van der Waals surface area contributed by atoms with E-state index >= 15 is 0 Å². The van der Waals surface area contributed by atoms with Crippen LogP contribution in [0.15, 0.2) is 61.7 Å². The van der Waals surface area contributed by atoms with E-state index in [2.05, 4.69) is 25.0 Å². The van der Waals surface area contributed by atoms with Gasteiger partial charge in [-0.3, -0.25) is 0 Å². The second-order valence-corrected chi connectivity index (χ2v) is 3.38. The Kier molecular flexibility index (Phi) is 5.21. The molecule has 2 N–H and O–H groups in total. The van der Waals surface area contributed by atoms with E-state index in [9.17, 15) is 4.39 Å². The number of hydrogen-bond donors (Lipinski definition) is 1. The van der Waals surface area contributed by atoms with Crippen molar-refractivity contribution < 1.29 is 4.39 Å². The second-order valence-electron chi connectivity index (χ2n) is 3.38. The summed E-state index contributed by atoms with van der Waals surface area (Å²) in [6, 6.07) is 13.4. The lowest BCUT2D eigenvalue weighted by atomic mass is 10.1. The summed E-state index contributed by atoms with van der Waals surface area (Å²) in [7, 11) is 0.